The molecule has 1 aliphatic rings. The highest BCUT2D eigenvalue weighted by atomic mass is 32.1. The molecule has 1 aliphatic heterocycles. The monoisotopic (exact) mass is 225 g/mol. The first-order valence-corrected chi connectivity index (χ1v) is 6.07. The van der Waals surface area contributed by atoms with E-state index >= 15 is 0 Å². The molecule has 1 atom stereocenters. The van der Waals surface area contributed by atoms with Gasteiger partial charge in [0.25, 0.3) is 5.91 Å². The van der Waals surface area contributed by atoms with Crippen LogP contribution in [-0.2, 0) is 11.8 Å². The van der Waals surface area contributed by atoms with Gasteiger partial charge in [0.2, 0.25) is 0 Å². The molecule has 2 rings (SSSR count). The van der Waals surface area contributed by atoms with Gasteiger partial charge in [0, 0.05) is 18.6 Å². The number of hydrogen-bond donors (Lipinski definition) is 1. The maximum Gasteiger partial charge on any atom is 0.265 e. The molecule has 1 saturated heterocycles. The number of nitrogens with one attached hydrogen (secondary N) is 1. The lowest BCUT2D eigenvalue weighted by Crippen LogP contribution is -2.40. The van der Waals surface area contributed by atoms with Crippen LogP contribution in [0.15, 0.2) is 16.6 Å². The molecule has 0 aliphatic carbocycles. The fourth-order valence-corrected chi connectivity index (χ4v) is 2.40. The predicted octanol–water partition coefficient (Wildman–Crippen LogP) is 0.656. The van der Waals surface area contributed by atoms with E-state index in [1.165, 1.54) is 11.3 Å². The maximum atomic E-state index is 11.8. The summed E-state index contributed by atoms with van der Waals surface area (Å²) in [5, 5.41) is 5.13. The van der Waals surface area contributed by atoms with E-state index < -0.39 is 0 Å². The first-order valence-electron chi connectivity index (χ1n) is 5.19. The van der Waals surface area contributed by atoms with Gasteiger partial charge in [-0.05, 0) is 19.4 Å². The number of carbonyl (C=O) groups is 1. The lowest BCUT2D eigenvalue weighted by Gasteiger charge is -2.19. The van der Waals surface area contributed by atoms with E-state index in [9.17, 15) is 4.79 Å². The summed E-state index contributed by atoms with van der Waals surface area (Å²) in [7, 11) is 1.90. The minimum atomic E-state index is -0.0687. The molecule has 0 spiro atoms. The molecular weight excluding hydrogens is 210 g/mol. The summed E-state index contributed by atoms with van der Waals surface area (Å²) in [5.41, 5.74) is 0. The molecule has 1 fully saturated rings. The van der Waals surface area contributed by atoms with Crippen molar-refractivity contribution in [3.05, 3.63) is 16.4 Å². The van der Waals surface area contributed by atoms with Crippen LogP contribution in [0.3, 0.4) is 0 Å². The Hall–Kier alpha value is -0.940. The second-order valence-electron chi connectivity index (χ2n) is 3.75. The quantitative estimate of drug-likeness (QED) is 0.763. The number of carbonyl (C=O) groups excluding carboxylic acids is 1. The number of rotatable bonds is 1. The highest BCUT2D eigenvalue weighted by Gasteiger charge is 2.19. The van der Waals surface area contributed by atoms with E-state index in [2.05, 4.69) is 10.3 Å². The van der Waals surface area contributed by atoms with Crippen LogP contribution in [0.1, 0.15) is 19.3 Å². The van der Waals surface area contributed by atoms with E-state index in [1.54, 1.807) is 0 Å². The SMILES string of the molecule is Cn1ccsc1=NC(=O)[C@H]1CCCCN1. The van der Waals surface area contributed by atoms with Crippen molar-refractivity contribution in [2.24, 2.45) is 12.0 Å². The standard InChI is InChI=1S/C10H15N3OS/c1-13-6-7-15-10(13)12-9(14)8-4-2-3-5-11-8/h6-8,11H,2-5H2,1H3/t8-/m1/s1. The van der Waals surface area contributed by atoms with Crippen molar-refractivity contribution in [1.29, 1.82) is 0 Å². The Morgan fingerprint density at radius 1 is 1.67 bits per heavy atom. The van der Waals surface area contributed by atoms with E-state index in [0.717, 1.165) is 30.6 Å². The van der Waals surface area contributed by atoms with Gasteiger partial charge in [-0.2, -0.15) is 4.99 Å². The molecule has 0 bridgehead atoms. The van der Waals surface area contributed by atoms with E-state index in [4.69, 9.17) is 0 Å². The van der Waals surface area contributed by atoms with Crippen molar-refractivity contribution in [2.75, 3.05) is 6.54 Å². The molecule has 5 heteroatoms. The Labute approximate surface area is 92.7 Å². The number of nitrogens with zero attached hydrogens (tertiary/aromatic N) is 2. The Morgan fingerprint density at radius 2 is 2.53 bits per heavy atom. The normalized spacial score (nSPS) is 23.0. The fourth-order valence-electron chi connectivity index (χ4n) is 1.67. The Balaban J connectivity index is 2.12. The predicted molar refractivity (Wildman–Crippen MR) is 59.5 cm³/mol. The molecule has 1 amide bonds. The summed E-state index contributed by atoms with van der Waals surface area (Å²) in [4.78, 5) is 16.7. The largest absolute Gasteiger partial charge is 0.327 e. The zero-order valence-corrected chi connectivity index (χ0v) is 9.59. The van der Waals surface area contributed by atoms with Gasteiger partial charge in [-0.25, -0.2) is 0 Å². The van der Waals surface area contributed by atoms with Crippen LogP contribution in [0.5, 0.6) is 0 Å². The number of piperidine rings is 1. The zero-order valence-electron chi connectivity index (χ0n) is 8.77. The molecule has 1 N–H and O–H groups in total. The van der Waals surface area contributed by atoms with Crippen molar-refractivity contribution >= 4 is 17.2 Å². The topological polar surface area (TPSA) is 46.4 Å². The first kappa shape index (κ1) is 10.6. The third-order valence-electron chi connectivity index (χ3n) is 2.57. The van der Waals surface area contributed by atoms with Crippen LogP contribution in [0.25, 0.3) is 0 Å². The van der Waals surface area contributed by atoms with E-state index in [-0.39, 0.29) is 11.9 Å². The second kappa shape index (κ2) is 4.72. The summed E-state index contributed by atoms with van der Waals surface area (Å²) < 4.78 is 1.87. The number of thiazole rings is 1. The number of hydrogen-bond acceptors (Lipinski definition) is 3. The molecule has 82 valence electrons. The summed E-state index contributed by atoms with van der Waals surface area (Å²) in [6, 6.07) is -0.0687. The zero-order chi connectivity index (χ0) is 10.7. The minimum Gasteiger partial charge on any atom is -0.327 e. The smallest absolute Gasteiger partial charge is 0.265 e. The van der Waals surface area contributed by atoms with E-state index in [0.29, 0.717) is 0 Å². The van der Waals surface area contributed by atoms with Crippen LogP contribution >= 0.6 is 11.3 Å². The van der Waals surface area contributed by atoms with Gasteiger partial charge >= 0.3 is 0 Å². The Kier molecular flexibility index (Phi) is 3.33. The molecule has 2 heterocycles. The number of amides is 1. The van der Waals surface area contributed by atoms with Gasteiger partial charge in [0.05, 0.1) is 6.04 Å². The van der Waals surface area contributed by atoms with Gasteiger partial charge in [-0.1, -0.05) is 6.42 Å². The summed E-state index contributed by atoms with van der Waals surface area (Å²) >= 11 is 1.49. The van der Waals surface area contributed by atoms with Crippen molar-refractivity contribution < 1.29 is 4.79 Å². The Morgan fingerprint density at radius 3 is 3.13 bits per heavy atom. The summed E-state index contributed by atoms with van der Waals surface area (Å²) in [5.74, 6) is -0.0345. The highest BCUT2D eigenvalue weighted by molar-refractivity contribution is 7.07. The average Bonchev–Trinajstić information content (AvgIpc) is 2.66. The molecule has 1 aromatic heterocycles. The molecule has 4 nitrogen and oxygen atoms in total. The molecule has 0 aromatic carbocycles. The average molecular weight is 225 g/mol. The first-order chi connectivity index (χ1) is 7.27. The molecule has 1 aromatic rings. The molecule has 0 saturated carbocycles. The van der Waals surface area contributed by atoms with Crippen LogP contribution < -0.4 is 10.1 Å². The Bertz CT molecular complexity index is 401. The van der Waals surface area contributed by atoms with Crippen LogP contribution in [-0.4, -0.2) is 23.1 Å². The lowest BCUT2D eigenvalue weighted by atomic mass is 10.0. The third-order valence-corrected chi connectivity index (χ3v) is 3.42. The van der Waals surface area contributed by atoms with Crippen LogP contribution in [0, 0.1) is 0 Å². The van der Waals surface area contributed by atoms with Crippen molar-refractivity contribution in [3.8, 4) is 0 Å². The highest BCUT2D eigenvalue weighted by Crippen LogP contribution is 2.07. The summed E-state index contributed by atoms with van der Waals surface area (Å²) in [6.07, 6.45) is 5.11. The van der Waals surface area contributed by atoms with Gasteiger partial charge in [-0.15, -0.1) is 11.3 Å². The van der Waals surface area contributed by atoms with Crippen molar-refractivity contribution in [3.63, 3.8) is 0 Å². The third kappa shape index (κ3) is 2.54. The van der Waals surface area contributed by atoms with Gasteiger partial charge in [0.15, 0.2) is 4.80 Å². The molecule has 0 unspecified atom stereocenters. The van der Waals surface area contributed by atoms with Gasteiger partial charge in [-0.3, -0.25) is 4.79 Å². The maximum absolute atomic E-state index is 11.8. The number of aromatic nitrogens is 1. The second-order valence-corrected chi connectivity index (χ2v) is 4.62. The number of aryl methyl sites for hydroxylation is 1. The van der Waals surface area contributed by atoms with Crippen molar-refractivity contribution in [2.45, 2.75) is 25.3 Å². The van der Waals surface area contributed by atoms with Crippen LogP contribution in [0.4, 0.5) is 0 Å². The van der Waals surface area contributed by atoms with Crippen molar-refractivity contribution in [1.82, 2.24) is 9.88 Å². The molecule has 15 heavy (non-hydrogen) atoms. The lowest BCUT2D eigenvalue weighted by molar-refractivity contribution is -0.120. The van der Waals surface area contributed by atoms with Gasteiger partial charge in [0.1, 0.15) is 0 Å². The molecule has 0 radical (unpaired) electrons. The van der Waals surface area contributed by atoms with Crippen LogP contribution in [0.2, 0.25) is 0 Å². The summed E-state index contributed by atoms with van der Waals surface area (Å²) in [6.45, 7) is 0.933. The van der Waals surface area contributed by atoms with Gasteiger partial charge < -0.3 is 9.88 Å². The fraction of sp³-hybridized carbons (Fsp3) is 0.600. The van der Waals surface area contributed by atoms with E-state index in [1.807, 2.05) is 23.2 Å². The molecular formula is C10H15N3OS. The minimum absolute atomic E-state index is 0.0345.